The molecular weight excluding hydrogens is 452 g/mol. The number of rotatable bonds is 13. The number of unbranched alkanes of at least 4 members (excludes halogenated alkanes) is 3. The van der Waals surface area contributed by atoms with Crippen LogP contribution in [0.1, 0.15) is 25.7 Å². The van der Waals surface area contributed by atoms with Gasteiger partial charge in [0.05, 0.1) is 0 Å². The van der Waals surface area contributed by atoms with Crippen LogP contribution in [0.4, 0.5) is 0 Å². The molecule has 0 amide bonds. The van der Waals surface area contributed by atoms with Crippen LogP contribution >= 0.6 is 22.2 Å². The van der Waals surface area contributed by atoms with Crippen LogP contribution in [0.25, 0.3) is 0 Å². The van der Waals surface area contributed by atoms with Gasteiger partial charge in [-0.2, -0.15) is 0 Å². The molecule has 0 bridgehead atoms. The van der Waals surface area contributed by atoms with Crippen LogP contribution in [0.3, 0.4) is 0 Å². The van der Waals surface area contributed by atoms with E-state index in [1.54, 1.807) is 0 Å². The van der Waals surface area contributed by atoms with E-state index < -0.39 is 40.5 Å². The van der Waals surface area contributed by atoms with Gasteiger partial charge in [-0.25, -0.2) is 0 Å². The minimum absolute atomic E-state index is 0.933. The maximum absolute atomic E-state index is 6.71. The summed E-state index contributed by atoms with van der Waals surface area (Å²) >= 11 is 12.4. The molecule has 0 aromatic heterocycles. The molecule has 0 aliphatic carbocycles. The second-order valence-electron chi connectivity index (χ2n) is 10.3. The topological polar surface area (TPSA) is 27.7 Å². The first-order chi connectivity index (χ1) is 11.3. The minimum Gasteiger partial charge on any atom is -0.417 e. The summed E-state index contributed by atoms with van der Waals surface area (Å²) < 4.78 is 20.1. The van der Waals surface area contributed by atoms with Gasteiger partial charge in [0.1, 0.15) is 0 Å². The van der Waals surface area contributed by atoms with E-state index in [-0.39, 0.29) is 0 Å². The van der Waals surface area contributed by atoms with E-state index >= 15 is 0 Å². The summed E-state index contributed by atoms with van der Waals surface area (Å²) in [4.78, 5) is 0. The Morgan fingerprint density at radius 3 is 1.08 bits per heavy atom. The zero-order chi connectivity index (χ0) is 20.9. The highest BCUT2D eigenvalue weighted by Crippen LogP contribution is 2.31. The SMILES string of the molecule is C[Si](Cl)(Cl)CCCCCC[Si](O[Si](C)(C)C)(O[Si](C)(C)C)O[Si](C)(C)C. The van der Waals surface area contributed by atoms with Crippen molar-refractivity contribution in [1.29, 1.82) is 0 Å². The van der Waals surface area contributed by atoms with Gasteiger partial charge in [-0.05, 0) is 77.9 Å². The van der Waals surface area contributed by atoms with E-state index in [1.165, 1.54) is 6.42 Å². The third-order valence-corrected chi connectivity index (χ3v) is 17.6. The molecule has 0 N–H and O–H groups in total. The van der Waals surface area contributed by atoms with Crippen molar-refractivity contribution < 1.29 is 12.3 Å². The summed E-state index contributed by atoms with van der Waals surface area (Å²) in [6.07, 6.45) is 4.53. The summed E-state index contributed by atoms with van der Waals surface area (Å²) in [5.41, 5.74) is 0. The summed E-state index contributed by atoms with van der Waals surface area (Å²) in [5.74, 6) is 0. The normalized spacial score (nSPS) is 14.8. The molecule has 0 rings (SSSR count). The van der Waals surface area contributed by atoms with E-state index in [1.807, 2.05) is 6.55 Å². The van der Waals surface area contributed by atoms with Gasteiger partial charge < -0.3 is 12.3 Å². The van der Waals surface area contributed by atoms with Crippen LogP contribution in [0.15, 0.2) is 0 Å². The van der Waals surface area contributed by atoms with Crippen molar-refractivity contribution in [2.24, 2.45) is 0 Å². The first-order valence-electron chi connectivity index (χ1n) is 9.81. The van der Waals surface area contributed by atoms with Gasteiger partial charge >= 0.3 is 8.80 Å². The summed E-state index contributed by atoms with van der Waals surface area (Å²) in [6, 6.07) is 1.91. The van der Waals surface area contributed by atoms with Crippen molar-refractivity contribution >= 4 is 62.6 Å². The zero-order valence-corrected chi connectivity index (χ0v) is 25.2. The van der Waals surface area contributed by atoms with Crippen molar-refractivity contribution in [3.8, 4) is 0 Å². The van der Waals surface area contributed by atoms with Gasteiger partial charge in [0.2, 0.25) is 6.69 Å². The first kappa shape index (κ1) is 27.5. The van der Waals surface area contributed by atoms with E-state index in [9.17, 15) is 0 Å². The molecule has 0 atom stereocenters. The van der Waals surface area contributed by atoms with Crippen molar-refractivity contribution in [3.05, 3.63) is 0 Å². The molecule has 0 saturated heterocycles. The smallest absolute Gasteiger partial charge is 0.417 e. The van der Waals surface area contributed by atoms with Crippen LogP contribution in [0.5, 0.6) is 0 Å². The third-order valence-electron chi connectivity index (χ3n) is 3.23. The monoisotopic (exact) mass is 492 g/mol. The third kappa shape index (κ3) is 16.5. The Morgan fingerprint density at radius 2 is 0.808 bits per heavy atom. The fourth-order valence-corrected chi connectivity index (χ4v) is 19.1. The molecule has 0 heterocycles. The average Bonchev–Trinajstić information content (AvgIpc) is 2.24. The lowest BCUT2D eigenvalue weighted by Crippen LogP contribution is -2.60. The molecule has 0 aliphatic rings. The van der Waals surface area contributed by atoms with Crippen molar-refractivity contribution in [1.82, 2.24) is 0 Å². The fraction of sp³-hybridized carbons (Fsp3) is 1.00. The van der Waals surface area contributed by atoms with Crippen LogP contribution in [0, 0.1) is 0 Å². The Labute approximate surface area is 177 Å². The molecule has 158 valence electrons. The Balaban J connectivity index is 5.04. The highest BCUT2D eigenvalue weighted by atomic mass is 35.7. The predicted octanol–water partition coefficient (Wildman–Crippen LogP) is 7.59. The molecule has 0 fully saturated rings. The zero-order valence-electron chi connectivity index (χ0n) is 18.7. The summed E-state index contributed by atoms with van der Waals surface area (Å²) in [6.45, 7) is 20.2. The molecule has 0 aliphatic heterocycles. The Kier molecular flexibility index (Phi) is 11.2. The molecule has 10 heteroatoms. The first-order valence-corrected chi connectivity index (χ1v) is 26.7. The van der Waals surface area contributed by atoms with Crippen molar-refractivity contribution in [3.63, 3.8) is 0 Å². The molecule has 26 heavy (non-hydrogen) atoms. The lowest BCUT2D eigenvalue weighted by atomic mass is 10.2. The molecular formula is C16H42Cl2O3Si5. The maximum atomic E-state index is 6.71. The fourth-order valence-electron chi connectivity index (χ4n) is 2.75. The number of halogens is 2. The maximum Gasteiger partial charge on any atom is 0.469 e. The second kappa shape index (κ2) is 10.5. The van der Waals surface area contributed by atoms with Crippen LogP contribution in [-0.2, 0) is 12.3 Å². The predicted molar refractivity (Wildman–Crippen MR) is 130 cm³/mol. The van der Waals surface area contributed by atoms with E-state index in [0.717, 1.165) is 31.4 Å². The molecule has 0 saturated carbocycles. The molecule has 0 radical (unpaired) electrons. The standard InChI is InChI=1S/C16H42Cl2O3Si5/c1-22(2,3)19-26(20-23(4,5)6,21-24(7,8)9)16-14-12-11-13-15-25(10,17)18/h11-16H2,1-10H3. The van der Waals surface area contributed by atoms with Crippen LogP contribution in [0.2, 0.25) is 77.6 Å². The van der Waals surface area contributed by atoms with Gasteiger partial charge in [-0.3, -0.25) is 0 Å². The molecule has 0 aromatic rings. The molecule has 0 spiro atoms. The van der Waals surface area contributed by atoms with Gasteiger partial charge in [0, 0.05) is 6.04 Å². The van der Waals surface area contributed by atoms with E-state index in [0.29, 0.717) is 0 Å². The average molecular weight is 494 g/mol. The van der Waals surface area contributed by atoms with Crippen LogP contribution in [-0.4, -0.2) is 40.5 Å². The lowest BCUT2D eigenvalue weighted by Gasteiger charge is -2.43. The van der Waals surface area contributed by atoms with Crippen LogP contribution < -0.4 is 0 Å². The molecule has 0 unspecified atom stereocenters. The molecule has 0 aromatic carbocycles. The van der Waals surface area contributed by atoms with Gasteiger partial charge in [0.25, 0.3) is 0 Å². The number of hydrogen-bond acceptors (Lipinski definition) is 3. The summed E-state index contributed by atoms with van der Waals surface area (Å²) in [5, 5.41) is 0. The van der Waals surface area contributed by atoms with E-state index in [2.05, 4.69) is 58.9 Å². The lowest BCUT2D eigenvalue weighted by molar-refractivity contribution is 0.250. The van der Waals surface area contributed by atoms with Gasteiger partial charge in [0.15, 0.2) is 25.0 Å². The van der Waals surface area contributed by atoms with Crippen molar-refractivity contribution in [2.45, 2.75) is 103 Å². The Morgan fingerprint density at radius 1 is 0.500 bits per heavy atom. The summed E-state index contributed by atoms with van der Waals surface area (Å²) in [7, 11) is -7.95. The van der Waals surface area contributed by atoms with E-state index in [4.69, 9.17) is 34.5 Å². The minimum atomic E-state index is -2.66. The second-order valence-corrected chi connectivity index (χ2v) is 35.5. The van der Waals surface area contributed by atoms with Gasteiger partial charge in [-0.1, -0.05) is 19.3 Å². The number of hydrogen-bond donors (Lipinski definition) is 0. The molecule has 3 nitrogen and oxygen atoms in total. The highest BCUT2D eigenvalue weighted by molar-refractivity contribution is 7.44. The Bertz CT molecular complexity index is 371. The Hall–Kier alpha value is 1.54. The highest BCUT2D eigenvalue weighted by Gasteiger charge is 2.49. The van der Waals surface area contributed by atoms with Gasteiger partial charge in [-0.15, -0.1) is 22.2 Å². The quantitative estimate of drug-likeness (QED) is 0.150. The van der Waals surface area contributed by atoms with Crippen molar-refractivity contribution in [2.75, 3.05) is 0 Å². The largest absolute Gasteiger partial charge is 0.469 e.